The smallest absolute Gasteiger partial charge is 0.240 e. The van der Waals surface area contributed by atoms with Gasteiger partial charge in [0.1, 0.15) is 18.0 Å². The van der Waals surface area contributed by atoms with Gasteiger partial charge in [-0.3, -0.25) is 19.2 Å². The summed E-state index contributed by atoms with van der Waals surface area (Å²) in [7, 11) is 0. The predicted molar refractivity (Wildman–Crippen MR) is 105 cm³/mol. The van der Waals surface area contributed by atoms with Crippen molar-refractivity contribution in [1.82, 2.24) is 0 Å². The van der Waals surface area contributed by atoms with E-state index in [0.29, 0.717) is 12.5 Å². The highest BCUT2D eigenvalue weighted by atomic mass is 16.7. The minimum Gasteiger partial charge on any atom is -0.461 e. The zero-order valence-electron chi connectivity index (χ0n) is 17.9. The van der Waals surface area contributed by atoms with Gasteiger partial charge in [0, 0.05) is 0 Å². The van der Waals surface area contributed by atoms with E-state index in [1.165, 1.54) is 24.3 Å². The minimum atomic E-state index is -3.57. The summed E-state index contributed by atoms with van der Waals surface area (Å²) in [4.78, 5) is 49.5. The van der Waals surface area contributed by atoms with Gasteiger partial charge in [-0.1, -0.05) is 12.1 Å². The SMILES string of the molecule is CC(=O)C(O)[C@H]1O[C@@H](Oc2cccc(CO)c2)[C@@](O)(C(C)=O)[C@](O)(C(C)=O)[C@@]1(O)C(C)=O. The Bertz CT molecular complexity index is 943. The molecule has 0 aromatic heterocycles. The number of carbonyl (C=O) groups excluding carboxylic acids is 4. The second-order valence-corrected chi connectivity index (χ2v) is 7.78. The molecule has 0 saturated carbocycles. The van der Waals surface area contributed by atoms with E-state index < -0.39 is 65.0 Å². The van der Waals surface area contributed by atoms with Crippen molar-refractivity contribution >= 4 is 23.1 Å². The molecule has 0 radical (unpaired) electrons. The number of ketones is 4. The fourth-order valence-corrected chi connectivity index (χ4v) is 3.88. The lowest BCUT2D eigenvalue weighted by atomic mass is 9.60. The van der Waals surface area contributed by atoms with Crippen molar-refractivity contribution in [2.45, 2.75) is 69.6 Å². The van der Waals surface area contributed by atoms with Crippen LogP contribution in [0.2, 0.25) is 0 Å². The molecule has 0 amide bonds. The van der Waals surface area contributed by atoms with Crippen LogP contribution in [-0.2, 0) is 30.5 Å². The van der Waals surface area contributed by atoms with Crippen LogP contribution in [0.5, 0.6) is 5.75 Å². The Balaban J connectivity index is 2.81. The topological polar surface area (TPSA) is 188 Å². The van der Waals surface area contributed by atoms with Crippen molar-refractivity contribution < 1.29 is 54.2 Å². The van der Waals surface area contributed by atoms with Gasteiger partial charge in [0.2, 0.25) is 17.5 Å². The molecular formula is C21H26O11. The Labute approximate surface area is 183 Å². The first-order valence-corrected chi connectivity index (χ1v) is 9.60. The molecule has 5 N–H and O–H groups in total. The maximum absolute atomic E-state index is 12.6. The van der Waals surface area contributed by atoms with Crippen molar-refractivity contribution in [3.05, 3.63) is 29.8 Å². The predicted octanol–water partition coefficient (Wildman–Crippen LogP) is -1.81. The quantitative estimate of drug-likeness (QED) is 0.298. The lowest BCUT2D eigenvalue weighted by molar-refractivity contribution is -0.358. The first-order valence-electron chi connectivity index (χ1n) is 9.60. The average Bonchev–Trinajstić information content (AvgIpc) is 2.72. The third-order valence-electron chi connectivity index (χ3n) is 5.74. The Hall–Kier alpha value is -2.54. The first-order chi connectivity index (χ1) is 14.7. The van der Waals surface area contributed by atoms with E-state index in [0.717, 1.165) is 20.8 Å². The van der Waals surface area contributed by atoms with E-state index in [-0.39, 0.29) is 5.75 Å². The Morgan fingerprint density at radius 3 is 2.00 bits per heavy atom. The number of ether oxygens (including phenoxy) is 2. The summed E-state index contributed by atoms with van der Waals surface area (Å²) in [5.74, 6) is -5.20. The van der Waals surface area contributed by atoms with Crippen molar-refractivity contribution in [2.24, 2.45) is 0 Å². The molecule has 1 heterocycles. The Morgan fingerprint density at radius 2 is 1.56 bits per heavy atom. The molecular weight excluding hydrogens is 428 g/mol. The third-order valence-corrected chi connectivity index (χ3v) is 5.74. The van der Waals surface area contributed by atoms with E-state index in [2.05, 4.69) is 0 Å². The largest absolute Gasteiger partial charge is 0.461 e. The normalized spacial score (nSPS) is 33.3. The average molecular weight is 454 g/mol. The summed E-state index contributed by atoms with van der Waals surface area (Å²) in [6.07, 6.45) is -6.81. The maximum atomic E-state index is 12.6. The van der Waals surface area contributed by atoms with Crippen molar-refractivity contribution in [3.8, 4) is 5.75 Å². The first kappa shape index (κ1) is 25.7. The zero-order valence-corrected chi connectivity index (χ0v) is 17.9. The summed E-state index contributed by atoms with van der Waals surface area (Å²) in [6.45, 7) is 2.69. The van der Waals surface area contributed by atoms with E-state index in [1.807, 2.05) is 0 Å². The van der Waals surface area contributed by atoms with Crippen LogP contribution in [0, 0.1) is 0 Å². The molecule has 1 aliphatic rings. The molecule has 176 valence electrons. The van der Waals surface area contributed by atoms with E-state index in [4.69, 9.17) is 9.47 Å². The summed E-state index contributed by atoms with van der Waals surface area (Å²) >= 11 is 0. The van der Waals surface area contributed by atoms with Gasteiger partial charge in [-0.05, 0) is 45.4 Å². The maximum Gasteiger partial charge on any atom is 0.240 e. The van der Waals surface area contributed by atoms with Crippen LogP contribution >= 0.6 is 0 Å². The lowest BCUT2D eigenvalue weighted by Gasteiger charge is -2.57. The molecule has 2 rings (SSSR count). The minimum absolute atomic E-state index is 0.101. The monoisotopic (exact) mass is 454 g/mol. The molecule has 1 unspecified atom stereocenters. The summed E-state index contributed by atoms with van der Waals surface area (Å²) in [6, 6.07) is 5.59. The number of rotatable bonds is 8. The molecule has 11 heteroatoms. The fraction of sp³-hybridized carbons (Fsp3) is 0.524. The highest BCUT2D eigenvalue weighted by Gasteiger charge is 2.80. The Kier molecular flexibility index (Phi) is 7.05. The second-order valence-electron chi connectivity index (χ2n) is 7.78. The van der Waals surface area contributed by atoms with Crippen LogP contribution in [0.4, 0.5) is 0 Å². The number of aliphatic hydroxyl groups is 5. The number of carbonyl (C=O) groups is 4. The zero-order chi connectivity index (χ0) is 24.6. The molecule has 1 aromatic rings. The van der Waals surface area contributed by atoms with Crippen molar-refractivity contribution in [1.29, 1.82) is 0 Å². The molecule has 11 nitrogen and oxygen atoms in total. The molecule has 0 spiro atoms. The standard InChI is InChI=1S/C21H26O11/c1-10(23)16(27)17-19(28,11(2)24)21(30,13(4)26)20(29,12(3)25)18(32-17)31-15-7-5-6-14(8-15)9-22/h5-8,16-18,22,27-30H,9H2,1-4H3/t16?,17-,18-,19-,20+,21+/m1/s1. The van der Waals surface area contributed by atoms with Crippen LogP contribution < -0.4 is 4.74 Å². The van der Waals surface area contributed by atoms with Gasteiger partial charge in [0.05, 0.1) is 6.61 Å². The van der Waals surface area contributed by atoms with E-state index >= 15 is 0 Å². The summed E-state index contributed by atoms with van der Waals surface area (Å²) in [5, 5.41) is 53.5. The van der Waals surface area contributed by atoms with E-state index in [1.54, 1.807) is 0 Å². The number of hydrogen-bond donors (Lipinski definition) is 5. The number of Topliss-reactive ketones (excluding diaryl/α,β-unsaturated/α-hetero) is 4. The number of aliphatic hydroxyl groups excluding tert-OH is 2. The van der Waals surface area contributed by atoms with Gasteiger partial charge in [0.15, 0.2) is 28.7 Å². The summed E-state index contributed by atoms with van der Waals surface area (Å²) < 4.78 is 10.9. The van der Waals surface area contributed by atoms with Gasteiger partial charge in [-0.15, -0.1) is 0 Å². The molecule has 1 aliphatic heterocycles. The van der Waals surface area contributed by atoms with Gasteiger partial charge in [-0.2, -0.15) is 0 Å². The Morgan fingerprint density at radius 1 is 1.00 bits per heavy atom. The molecule has 1 saturated heterocycles. The van der Waals surface area contributed by atoms with Gasteiger partial charge >= 0.3 is 0 Å². The molecule has 6 atom stereocenters. The van der Waals surface area contributed by atoms with Gasteiger partial charge in [-0.25, -0.2) is 0 Å². The molecule has 0 bridgehead atoms. The van der Waals surface area contributed by atoms with Crippen LogP contribution in [0.3, 0.4) is 0 Å². The number of hydrogen-bond acceptors (Lipinski definition) is 11. The summed E-state index contributed by atoms with van der Waals surface area (Å²) in [5.41, 5.74) is -9.97. The highest BCUT2D eigenvalue weighted by molar-refractivity contribution is 6.05. The van der Waals surface area contributed by atoms with Gasteiger partial charge < -0.3 is 35.0 Å². The van der Waals surface area contributed by atoms with Crippen molar-refractivity contribution in [3.63, 3.8) is 0 Å². The molecule has 1 aromatic carbocycles. The van der Waals surface area contributed by atoms with Crippen LogP contribution in [-0.4, -0.2) is 84.0 Å². The molecule has 0 aliphatic carbocycles. The fourth-order valence-electron chi connectivity index (χ4n) is 3.88. The second kappa shape index (κ2) is 8.77. The van der Waals surface area contributed by atoms with Crippen LogP contribution in [0.15, 0.2) is 24.3 Å². The lowest BCUT2D eigenvalue weighted by Crippen LogP contribution is -2.87. The van der Waals surface area contributed by atoms with Crippen molar-refractivity contribution in [2.75, 3.05) is 0 Å². The van der Waals surface area contributed by atoms with E-state index in [9.17, 15) is 44.7 Å². The van der Waals surface area contributed by atoms with Crippen LogP contribution in [0.25, 0.3) is 0 Å². The van der Waals surface area contributed by atoms with Gasteiger partial charge in [0.25, 0.3) is 0 Å². The van der Waals surface area contributed by atoms with Crippen LogP contribution in [0.1, 0.15) is 33.3 Å². The molecule has 32 heavy (non-hydrogen) atoms. The molecule has 1 fully saturated rings. The third kappa shape index (κ3) is 3.56. The number of benzene rings is 1. The highest BCUT2D eigenvalue weighted by Crippen LogP contribution is 2.48.